The molecule has 1 aliphatic rings. The number of likely N-dealkylation sites (tertiary alicyclic amines) is 1. The first kappa shape index (κ1) is 22.6. The molecule has 2 N–H and O–H groups in total. The quantitative estimate of drug-likeness (QED) is 0.579. The predicted molar refractivity (Wildman–Crippen MR) is 129 cm³/mol. The summed E-state index contributed by atoms with van der Waals surface area (Å²) in [7, 11) is 0. The van der Waals surface area contributed by atoms with Crippen LogP contribution in [0.5, 0.6) is 0 Å². The van der Waals surface area contributed by atoms with Gasteiger partial charge in [0, 0.05) is 30.9 Å². The molecular formula is C25H31N7O. The molecular weight excluding hydrogens is 414 g/mol. The zero-order valence-corrected chi connectivity index (χ0v) is 19.5. The Bertz CT molecular complexity index is 1180. The van der Waals surface area contributed by atoms with Gasteiger partial charge >= 0.3 is 0 Å². The van der Waals surface area contributed by atoms with Gasteiger partial charge in [-0.05, 0) is 69.2 Å². The molecule has 4 rings (SSSR count). The van der Waals surface area contributed by atoms with E-state index in [-0.39, 0.29) is 5.91 Å². The number of aliphatic imine (C=N–C) groups is 1. The van der Waals surface area contributed by atoms with Gasteiger partial charge in [0.2, 0.25) is 5.91 Å². The van der Waals surface area contributed by atoms with Crippen molar-refractivity contribution in [2.75, 3.05) is 13.1 Å². The van der Waals surface area contributed by atoms with E-state index in [0.717, 1.165) is 37.2 Å². The Labute approximate surface area is 194 Å². The van der Waals surface area contributed by atoms with E-state index in [1.165, 1.54) is 5.56 Å². The highest BCUT2D eigenvalue weighted by molar-refractivity contribution is 6.00. The van der Waals surface area contributed by atoms with Crippen molar-refractivity contribution in [3.8, 4) is 0 Å². The summed E-state index contributed by atoms with van der Waals surface area (Å²) in [6.07, 6.45) is 2.99. The van der Waals surface area contributed by atoms with Crippen LogP contribution in [0.2, 0.25) is 0 Å². The van der Waals surface area contributed by atoms with E-state index in [1.54, 1.807) is 10.6 Å². The number of benzene rings is 1. The van der Waals surface area contributed by atoms with Crippen molar-refractivity contribution in [1.82, 2.24) is 24.7 Å². The zero-order chi connectivity index (χ0) is 23.4. The van der Waals surface area contributed by atoms with Crippen molar-refractivity contribution >= 4 is 23.1 Å². The van der Waals surface area contributed by atoms with E-state index >= 15 is 0 Å². The summed E-state index contributed by atoms with van der Waals surface area (Å²) in [5, 5.41) is 12.6. The van der Waals surface area contributed by atoms with E-state index < -0.39 is 0 Å². The second-order valence-corrected chi connectivity index (χ2v) is 8.63. The topological polar surface area (TPSA) is 102 Å². The number of piperidine rings is 1. The number of hydrogen-bond donors (Lipinski definition) is 1. The van der Waals surface area contributed by atoms with Gasteiger partial charge in [-0.25, -0.2) is 4.99 Å². The third-order valence-electron chi connectivity index (χ3n) is 6.31. The van der Waals surface area contributed by atoms with E-state index in [1.807, 2.05) is 37.8 Å². The average molecular weight is 446 g/mol. The SMILES string of the molecule is CC(=Nc1ccc2nnc(C)n2n1)C(CCC(=O)N1CCC(c2ccccc2)CC1)=C(C)N. The van der Waals surface area contributed by atoms with Crippen LogP contribution < -0.4 is 5.73 Å². The molecule has 0 spiro atoms. The summed E-state index contributed by atoms with van der Waals surface area (Å²) < 4.78 is 1.66. The minimum atomic E-state index is 0.174. The average Bonchev–Trinajstić information content (AvgIpc) is 3.19. The smallest absolute Gasteiger partial charge is 0.222 e. The number of fused-ring (bicyclic) bond motifs is 1. The van der Waals surface area contributed by atoms with E-state index in [2.05, 4.69) is 44.6 Å². The summed E-state index contributed by atoms with van der Waals surface area (Å²) in [5.74, 6) is 1.96. The number of carbonyl (C=O) groups is 1. The Balaban J connectivity index is 1.37. The Morgan fingerprint density at radius 2 is 1.79 bits per heavy atom. The van der Waals surface area contributed by atoms with E-state index in [9.17, 15) is 4.79 Å². The fourth-order valence-corrected chi connectivity index (χ4v) is 4.43. The molecule has 8 nitrogen and oxygen atoms in total. The summed E-state index contributed by atoms with van der Waals surface area (Å²) in [6, 6.07) is 14.2. The van der Waals surface area contributed by atoms with Crippen LogP contribution in [0.3, 0.4) is 0 Å². The molecule has 1 aliphatic heterocycles. The summed E-state index contributed by atoms with van der Waals surface area (Å²) in [4.78, 5) is 19.5. The Kier molecular flexibility index (Phi) is 6.82. The van der Waals surface area contributed by atoms with Gasteiger partial charge in [0.1, 0.15) is 0 Å². The molecule has 1 aromatic carbocycles. The van der Waals surface area contributed by atoms with Crippen LogP contribution in [0.4, 0.5) is 5.82 Å². The molecule has 1 fully saturated rings. The van der Waals surface area contributed by atoms with Crippen molar-refractivity contribution in [1.29, 1.82) is 0 Å². The number of hydrogen-bond acceptors (Lipinski definition) is 6. The minimum absolute atomic E-state index is 0.174. The molecule has 1 amide bonds. The fraction of sp³-hybridized carbons (Fsp3) is 0.400. The van der Waals surface area contributed by atoms with Gasteiger partial charge in [0.25, 0.3) is 0 Å². The van der Waals surface area contributed by atoms with Crippen molar-refractivity contribution < 1.29 is 4.79 Å². The van der Waals surface area contributed by atoms with Crippen LogP contribution in [-0.2, 0) is 4.79 Å². The highest BCUT2D eigenvalue weighted by Gasteiger charge is 2.24. The molecule has 172 valence electrons. The van der Waals surface area contributed by atoms with Gasteiger partial charge in [-0.1, -0.05) is 30.3 Å². The molecule has 0 unspecified atom stereocenters. The maximum atomic E-state index is 12.9. The van der Waals surface area contributed by atoms with E-state index in [4.69, 9.17) is 5.73 Å². The zero-order valence-electron chi connectivity index (χ0n) is 19.5. The molecule has 0 saturated carbocycles. The fourth-order valence-electron chi connectivity index (χ4n) is 4.43. The monoisotopic (exact) mass is 445 g/mol. The maximum absolute atomic E-state index is 12.9. The summed E-state index contributed by atoms with van der Waals surface area (Å²) in [5.41, 5.74) is 10.5. The first-order chi connectivity index (χ1) is 15.9. The first-order valence-electron chi connectivity index (χ1n) is 11.4. The summed E-state index contributed by atoms with van der Waals surface area (Å²) in [6.45, 7) is 7.21. The number of aromatic nitrogens is 4. The van der Waals surface area contributed by atoms with Crippen LogP contribution in [0.15, 0.2) is 58.7 Å². The number of rotatable bonds is 6. The molecule has 1 saturated heterocycles. The Hall–Kier alpha value is -3.55. The molecule has 0 aliphatic carbocycles. The molecule has 33 heavy (non-hydrogen) atoms. The van der Waals surface area contributed by atoms with Crippen LogP contribution >= 0.6 is 0 Å². The lowest BCUT2D eigenvalue weighted by atomic mass is 9.89. The normalized spacial score (nSPS) is 16.2. The first-order valence-corrected chi connectivity index (χ1v) is 11.4. The number of nitrogens with zero attached hydrogens (tertiary/aromatic N) is 6. The third kappa shape index (κ3) is 5.27. The van der Waals surface area contributed by atoms with Gasteiger partial charge in [0.15, 0.2) is 17.3 Å². The van der Waals surface area contributed by atoms with Gasteiger partial charge in [0.05, 0.1) is 0 Å². The van der Waals surface area contributed by atoms with Crippen molar-refractivity contribution in [3.05, 3.63) is 65.1 Å². The lowest BCUT2D eigenvalue weighted by Gasteiger charge is -2.32. The van der Waals surface area contributed by atoms with Gasteiger partial charge in [-0.15, -0.1) is 15.3 Å². The van der Waals surface area contributed by atoms with Crippen molar-refractivity contribution in [2.24, 2.45) is 10.7 Å². The molecule has 3 heterocycles. The number of aryl methyl sites for hydroxylation is 1. The summed E-state index contributed by atoms with van der Waals surface area (Å²) >= 11 is 0. The Morgan fingerprint density at radius 1 is 1.06 bits per heavy atom. The van der Waals surface area contributed by atoms with Crippen molar-refractivity contribution in [3.63, 3.8) is 0 Å². The minimum Gasteiger partial charge on any atom is -0.402 e. The van der Waals surface area contributed by atoms with E-state index in [0.29, 0.717) is 41.7 Å². The molecule has 0 bridgehead atoms. The third-order valence-corrected chi connectivity index (χ3v) is 6.31. The standard InChI is InChI=1S/C25H31N7O/c1-17(26)22(18(2)27-23-10-11-24-29-28-19(3)32(24)30-23)9-12-25(33)31-15-13-21(14-16-31)20-7-5-4-6-8-20/h4-8,10-11,21H,9,12-16,26H2,1-3H3. The van der Waals surface area contributed by atoms with Crippen molar-refractivity contribution in [2.45, 2.75) is 52.4 Å². The number of carbonyl (C=O) groups excluding carboxylic acids is 1. The molecule has 2 aromatic heterocycles. The largest absolute Gasteiger partial charge is 0.402 e. The van der Waals surface area contributed by atoms with Crippen LogP contribution in [-0.4, -0.2) is 49.4 Å². The lowest BCUT2D eigenvalue weighted by Crippen LogP contribution is -2.37. The number of allylic oxidation sites excluding steroid dienone is 2. The Morgan fingerprint density at radius 3 is 2.48 bits per heavy atom. The number of amides is 1. The van der Waals surface area contributed by atoms with Gasteiger partial charge in [-0.2, -0.15) is 4.52 Å². The van der Waals surface area contributed by atoms with Crippen LogP contribution in [0, 0.1) is 6.92 Å². The van der Waals surface area contributed by atoms with Crippen LogP contribution in [0.1, 0.15) is 56.8 Å². The highest BCUT2D eigenvalue weighted by atomic mass is 16.2. The van der Waals surface area contributed by atoms with Crippen LogP contribution in [0.25, 0.3) is 5.65 Å². The van der Waals surface area contributed by atoms with Gasteiger partial charge in [-0.3, -0.25) is 4.79 Å². The maximum Gasteiger partial charge on any atom is 0.222 e. The molecule has 3 aromatic rings. The lowest BCUT2D eigenvalue weighted by molar-refractivity contribution is -0.132. The number of nitrogens with two attached hydrogens (primary N) is 1. The molecule has 8 heteroatoms. The molecule has 0 atom stereocenters. The second-order valence-electron chi connectivity index (χ2n) is 8.63. The predicted octanol–water partition coefficient (Wildman–Crippen LogP) is 3.94. The second kappa shape index (κ2) is 9.94. The highest BCUT2D eigenvalue weighted by Crippen LogP contribution is 2.28. The molecule has 0 radical (unpaired) electrons. The van der Waals surface area contributed by atoms with Gasteiger partial charge < -0.3 is 10.6 Å².